The molecule has 2 aliphatic rings. The number of likely N-dealkylation sites (tertiary alicyclic amines) is 2. The van der Waals surface area contributed by atoms with E-state index in [0.717, 1.165) is 37.9 Å². The van der Waals surface area contributed by atoms with E-state index in [9.17, 15) is 18.0 Å². The number of carbonyl (C=O) groups excluding carboxylic acids is 2. The summed E-state index contributed by atoms with van der Waals surface area (Å²) in [6.45, 7) is 8.12. The van der Waals surface area contributed by atoms with Crippen LogP contribution in [0.2, 0.25) is 4.34 Å². The molecule has 0 aliphatic carbocycles. The molecule has 8 nitrogen and oxygen atoms in total. The van der Waals surface area contributed by atoms with Gasteiger partial charge in [0.2, 0.25) is 21.8 Å². The third-order valence-corrected chi connectivity index (χ3v) is 8.53. The summed E-state index contributed by atoms with van der Waals surface area (Å²) in [7, 11) is -3.81. The van der Waals surface area contributed by atoms with Gasteiger partial charge in [0.1, 0.15) is 6.04 Å². The first kappa shape index (κ1) is 26.2. The Hall–Kier alpha value is -1.46. The predicted octanol–water partition coefficient (Wildman–Crippen LogP) is 2.62. The van der Waals surface area contributed by atoms with Gasteiger partial charge < -0.3 is 14.7 Å². The minimum atomic E-state index is -3.81. The number of likely N-dealkylation sites (N-methyl/N-ethyl adjacent to an activating group) is 1. The molecule has 1 aromatic rings. The highest BCUT2D eigenvalue weighted by Crippen LogP contribution is 2.23. The van der Waals surface area contributed by atoms with Crippen LogP contribution in [0.4, 0.5) is 0 Å². The summed E-state index contributed by atoms with van der Waals surface area (Å²) in [6, 6.07) is 2.73. The molecule has 2 atom stereocenters. The summed E-state index contributed by atoms with van der Waals surface area (Å²) < 4.78 is 28.0. The first-order chi connectivity index (χ1) is 15.7. The van der Waals surface area contributed by atoms with E-state index in [2.05, 4.69) is 23.5 Å². The minimum Gasteiger partial charge on any atom is -0.337 e. The number of nitrogens with zero attached hydrogens (tertiary/aromatic N) is 3. The van der Waals surface area contributed by atoms with Crippen LogP contribution < -0.4 is 4.72 Å². The lowest BCUT2D eigenvalue weighted by Gasteiger charge is -2.35. The topological polar surface area (TPSA) is 90.0 Å². The van der Waals surface area contributed by atoms with Crippen molar-refractivity contribution in [2.24, 2.45) is 0 Å². The third-order valence-electron chi connectivity index (χ3n) is 6.23. The van der Waals surface area contributed by atoms with Crippen LogP contribution in [-0.2, 0) is 19.6 Å². The highest BCUT2D eigenvalue weighted by molar-refractivity contribution is 7.92. The molecule has 3 heterocycles. The van der Waals surface area contributed by atoms with E-state index in [1.165, 1.54) is 22.3 Å². The normalized spacial score (nSPS) is 22.1. The SMILES string of the molecule is CCN(CC)C[C@@H]1CCCN1C(=O)CN1CCC[C@H](NS(=O)(=O)/C=C/c2ccc(Cl)s2)C1=O. The quantitative estimate of drug-likeness (QED) is 0.516. The van der Waals surface area contributed by atoms with E-state index in [1.54, 1.807) is 12.1 Å². The smallest absolute Gasteiger partial charge is 0.242 e. The van der Waals surface area contributed by atoms with Crippen LogP contribution in [0, 0.1) is 0 Å². The monoisotopic (exact) mass is 516 g/mol. The zero-order chi connectivity index (χ0) is 24.0. The molecule has 0 saturated carbocycles. The van der Waals surface area contributed by atoms with Gasteiger partial charge in [0, 0.05) is 36.0 Å². The summed E-state index contributed by atoms with van der Waals surface area (Å²) in [5.41, 5.74) is 0. The van der Waals surface area contributed by atoms with Gasteiger partial charge >= 0.3 is 0 Å². The molecule has 0 aromatic carbocycles. The molecule has 0 radical (unpaired) electrons. The van der Waals surface area contributed by atoms with Crippen LogP contribution >= 0.6 is 22.9 Å². The van der Waals surface area contributed by atoms with Crippen LogP contribution in [0.1, 0.15) is 44.4 Å². The molecule has 0 spiro atoms. The zero-order valence-corrected chi connectivity index (χ0v) is 21.6. The molecular weight excluding hydrogens is 484 g/mol. The lowest BCUT2D eigenvalue weighted by Crippen LogP contribution is -2.55. The van der Waals surface area contributed by atoms with Crippen molar-refractivity contribution in [1.82, 2.24) is 19.4 Å². The molecule has 2 saturated heterocycles. The number of hydrogen-bond acceptors (Lipinski definition) is 6. The van der Waals surface area contributed by atoms with Crippen molar-refractivity contribution in [2.45, 2.75) is 51.6 Å². The highest BCUT2D eigenvalue weighted by atomic mass is 35.5. The predicted molar refractivity (Wildman–Crippen MR) is 133 cm³/mol. The van der Waals surface area contributed by atoms with Gasteiger partial charge in [-0.3, -0.25) is 9.59 Å². The summed E-state index contributed by atoms with van der Waals surface area (Å²) in [5, 5.41) is 1.05. The molecule has 2 fully saturated rings. The second-order valence-corrected chi connectivity index (χ2v) is 11.8. The van der Waals surface area contributed by atoms with Crippen LogP contribution in [0.5, 0.6) is 0 Å². The first-order valence-electron chi connectivity index (χ1n) is 11.5. The van der Waals surface area contributed by atoms with Gasteiger partial charge in [0.25, 0.3) is 0 Å². The largest absolute Gasteiger partial charge is 0.337 e. The number of nitrogens with one attached hydrogen (secondary N) is 1. The van der Waals surface area contributed by atoms with E-state index >= 15 is 0 Å². The molecule has 0 bridgehead atoms. The van der Waals surface area contributed by atoms with Crippen molar-refractivity contribution in [2.75, 3.05) is 39.3 Å². The fraction of sp³-hybridized carbons (Fsp3) is 0.636. The Morgan fingerprint density at radius 3 is 2.64 bits per heavy atom. The maximum atomic E-state index is 13.0. The van der Waals surface area contributed by atoms with E-state index in [1.807, 2.05) is 4.90 Å². The van der Waals surface area contributed by atoms with Crippen LogP contribution in [-0.4, -0.2) is 86.3 Å². The number of sulfonamides is 1. The van der Waals surface area contributed by atoms with Crippen LogP contribution in [0.15, 0.2) is 17.5 Å². The molecule has 1 aromatic heterocycles. The number of hydrogen-bond donors (Lipinski definition) is 1. The Bertz CT molecular complexity index is 961. The van der Waals surface area contributed by atoms with Crippen molar-refractivity contribution < 1.29 is 18.0 Å². The second kappa shape index (κ2) is 11.8. The number of halogens is 1. The van der Waals surface area contributed by atoms with Gasteiger partial charge in [-0.05, 0) is 57.0 Å². The van der Waals surface area contributed by atoms with Crippen molar-refractivity contribution in [1.29, 1.82) is 0 Å². The molecule has 11 heteroatoms. The van der Waals surface area contributed by atoms with Crippen LogP contribution in [0.25, 0.3) is 6.08 Å². The molecule has 3 rings (SSSR count). The van der Waals surface area contributed by atoms with E-state index < -0.39 is 16.1 Å². The lowest BCUT2D eigenvalue weighted by atomic mass is 10.1. The Morgan fingerprint density at radius 2 is 1.97 bits per heavy atom. The number of carbonyl (C=O) groups is 2. The highest BCUT2D eigenvalue weighted by Gasteiger charge is 2.35. The fourth-order valence-corrected chi connectivity index (χ4v) is 6.48. The van der Waals surface area contributed by atoms with Crippen molar-refractivity contribution in [3.63, 3.8) is 0 Å². The molecule has 2 aliphatic heterocycles. The van der Waals surface area contributed by atoms with Gasteiger partial charge in [-0.25, -0.2) is 8.42 Å². The number of rotatable bonds is 10. The third kappa shape index (κ3) is 7.26. The molecule has 2 amide bonds. The molecular formula is C22H33ClN4O4S2. The first-order valence-corrected chi connectivity index (χ1v) is 14.2. The second-order valence-electron chi connectivity index (χ2n) is 8.43. The zero-order valence-electron chi connectivity index (χ0n) is 19.2. The average Bonchev–Trinajstić information content (AvgIpc) is 3.42. The summed E-state index contributed by atoms with van der Waals surface area (Å²) in [5.74, 6) is -0.402. The van der Waals surface area contributed by atoms with Gasteiger partial charge in [0.05, 0.1) is 10.9 Å². The van der Waals surface area contributed by atoms with Crippen molar-refractivity contribution >= 4 is 50.9 Å². The summed E-state index contributed by atoms with van der Waals surface area (Å²) >= 11 is 7.14. The van der Waals surface area contributed by atoms with E-state index in [4.69, 9.17) is 11.6 Å². The number of piperidine rings is 1. The summed E-state index contributed by atoms with van der Waals surface area (Å²) in [6.07, 6.45) is 4.45. The van der Waals surface area contributed by atoms with Crippen LogP contribution in [0.3, 0.4) is 0 Å². The fourth-order valence-electron chi connectivity index (χ4n) is 4.41. The average molecular weight is 517 g/mol. The van der Waals surface area contributed by atoms with Gasteiger partial charge in [-0.1, -0.05) is 25.4 Å². The number of thiophene rings is 1. The number of amides is 2. The molecule has 1 N–H and O–H groups in total. The van der Waals surface area contributed by atoms with E-state index in [-0.39, 0.29) is 24.4 Å². The van der Waals surface area contributed by atoms with Crippen molar-refractivity contribution in [3.05, 3.63) is 26.8 Å². The Morgan fingerprint density at radius 1 is 1.24 bits per heavy atom. The molecule has 33 heavy (non-hydrogen) atoms. The standard InChI is InChI=1S/C22H33ClN4O4S2/c1-3-25(4-2)15-17-7-5-13-27(17)21(28)16-26-12-6-8-19(22(26)29)24-33(30,31)14-11-18-9-10-20(23)32-18/h9-11,14,17,19,24H,3-8,12-13,15-16H2,1-2H3/b14-11+/t17-,19-/m0/s1. The maximum Gasteiger partial charge on any atom is 0.242 e. The lowest BCUT2D eigenvalue weighted by molar-refractivity contribution is -0.143. The van der Waals surface area contributed by atoms with Crippen molar-refractivity contribution in [3.8, 4) is 0 Å². The molecule has 184 valence electrons. The molecule has 0 unspecified atom stereocenters. The Labute approximate surface area is 205 Å². The maximum absolute atomic E-state index is 13.0. The van der Waals surface area contributed by atoms with E-state index in [0.29, 0.717) is 35.1 Å². The van der Waals surface area contributed by atoms with Gasteiger partial charge in [-0.2, -0.15) is 4.72 Å². The Balaban J connectivity index is 1.58. The summed E-state index contributed by atoms with van der Waals surface area (Å²) in [4.78, 5) is 32.4. The Kier molecular flexibility index (Phi) is 9.34. The van der Waals surface area contributed by atoms with Gasteiger partial charge in [-0.15, -0.1) is 11.3 Å². The minimum absolute atomic E-state index is 0.00462. The van der Waals surface area contributed by atoms with Gasteiger partial charge in [0.15, 0.2) is 0 Å².